The van der Waals surface area contributed by atoms with Crippen LogP contribution in [0.3, 0.4) is 0 Å². The normalized spacial score (nSPS) is 20.3. The van der Waals surface area contributed by atoms with Crippen LogP contribution in [0.5, 0.6) is 5.75 Å². The molecule has 1 aromatic carbocycles. The molecule has 0 aromatic heterocycles. The van der Waals surface area contributed by atoms with Crippen LogP contribution in [0.15, 0.2) is 24.3 Å². The third kappa shape index (κ3) is 7.54. The van der Waals surface area contributed by atoms with Crippen molar-refractivity contribution in [2.24, 2.45) is 0 Å². The van der Waals surface area contributed by atoms with Gasteiger partial charge in [0.15, 0.2) is 0 Å². The number of carbonyl (C=O) groups excluding carboxylic acids is 1. The van der Waals surface area contributed by atoms with Crippen LogP contribution in [0.4, 0.5) is 10.5 Å². The van der Waals surface area contributed by atoms with E-state index in [4.69, 9.17) is 9.47 Å². The van der Waals surface area contributed by atoms with Gasteiger partial charge in [0.2, 0.25) is 0 Å². The van der Waals surface area contributed by atoms with E-state index in [0.717, 1.165) is 56.6 Å². The van der Waals surface area contributed by atoms with Crippen molar-refractivity contribution in [3.05, 3.63) is 24.3 Å². The molecule has 5 nitrogen and oxygen atoms in total. The quantitative estimate of drug-likeness (QED) is 0.662. The molecule has 0 spiro atoms. The van der Waals surface area contributed by atoms with Gasteiger partial charge in [-0.3, -0.25) is 0 Å². The van der Waals surface area contributed by atoms with Gasteiger partial charge >= 0.3 is 6.09 Å². The van der Waals surface area contributed by atoms with Crippen LogP contribution in [0, 0.1) is 0 Å². The van der Waals surface area contributed by atoms with Gasteiger partial charge in [-0.2, -0.15) is 0 Å². The minimum absolute atomic E-state index is 0.206. The summed E-state index contributed by atoms with van der Waals surface area (Å²) in [7, 11) is 0. The topological polar surface area (TPSA) is 59.6 Å². The third-order valence-corrected chi connectivity index (χ3v) is 4.44. The van der Waals surface area contributed by atoms with E-state index in [2.05, 4.69) is 29.7 Å². The van der Waals surface area contributed by atoms with Gasteiger partial charge in [0.1, 0.15) is 11.4 Å². The lowest BCUT2D eigenvalue weighted by Crippen LogP contribution is -2.42. The summed E-state index contributed by atoms with van der Waals surface area (Å²) in [4.78, 5) is 11.9. The van der Waals surface area contributed by atoms with E-state index in [-0.39, 0.29) is 12.1 Å². The number of hydrogen-bond donors (Lipinski definition) is 2. The van der Waals surface area contributed by atoms with E-state index in [0.29, 0.717) is 6.04 Å². The van der Waals surface area contributed by atoms with Gasteiger partial charge in [0, 0.05) is 17.8 Å². The predicted molar refractivity (Wildman–Crippen MR) is 106 cm³/mol. The minimum atomic E-state index is -0.449. The first-order valence-electron chi connectivity index (χ1n) is 9.84. The number of rotatable bonds is 7. The van der Waals surface area contributed by atoms with Gasteiger partial charge in [0.25, 0.3) is 0 Å². The summed E-state index contributed by atoms with van der Waals surface area (Å²) in [5, 5.41) is 6.57. The molecule has 0 atom stereocenters. The Kier molecular flexibility index (Phi) is 7.61. The average Bonchev–Trinajstić information content (AvgIpc) is 2.57. The van der Waals surface area contributed by atoms with Crippen LogP contribution in [-0.4, -0.2) is 30.4 Å². The van der Waals surface area contributed by atoms with Crippen molar-refractivity contribution in [3.63, 3.8) is 0 Å². The molecule has 2 rings (SSSR count). The van der Waals surface area contributed by atoms with E-state index >= 15 is 0 Å². The number of amides is 1. The van der Waals surface area contributed by atoms with Crippen molar-refractivity contribution in [3.8, 4) is 5.75 Å². The maximum atomic E-state index is 11.9. The summed E-state index contributed by atoms with van der Waals surface area (Å²) in [6.45, 7) is 8.58. The van der Waals surface area contributed by atoms with Crippen LogP contribution >= 0.6 is 0 Å². The Morgan fingerprint density at radius 3 is 2.27 bits per heavy atom. The molecule has 0 bridgehead atoms. The van der Waals surface area contributed by atoms with Crippen LogP contribution in [0.2, 0.25) is 0 Å². The molecule has 26 heavy (non-hydrogen) atoms. The number of anilines is 1. The van der Waals surface area contributed by atoms with E-state index in [1.807, 2.05) is 32.9 Å². The predicted octanol–water partition coefficient (Wildman–Crippen LogP) is 5.11. The fraction of sp³-hybridized carbons (Fsp3) is 0.667. The molecule has 0 aliphatic heterocycles. The molecule has 1 aliphatic carbocycles. The fourth-order valence-corrected chi connectivity index (χ4v) is 3.07. The Morgan fingerprint density at radius 1 is 1.08 bits per heavy atom. The number of hydrogen-bond acceptors (Lipinski definition) is 4. The summed E-state index contributed by atoms with van der Waals surface area (Å²) in [5.74, 6) is 0.925. The number of benzene rings is 1. The van der Waals surface area contributed by atoms with E-state index in [1.165, 1.54) is 0 Å². The molecule has 0 unspecified atom stereocenters. The summed E-state index contributed by atoms with van der Waals surface area (Å²) in [6.07, 6.45) is 5.92. The van der Waals surface area contributed by atoms with E-state index in [9.17, 15) is 4.79 Å². The zero-order valence-electron chi connectivity index (χ0n) is 16.6. The highest BCUT2D eigenvalue weighted by Gasteiger charge is 2.24. The lowest BCUT2D eigenvalue weighted by Gasteiger charge is -2.31. The maximum Gasteiger partial charge on any atom is 0.407 e. The second kappa shape index (κ2) is 9.70. The molecule has 146 valence electrons. The van der Waals surface area contributed by atoms with Crippen molar-refractivity contribution < 1.29 is 14.3 Å². The minimum Gasteiger partial charge on any atom is -0.494 e. The standard InChI is InChI=1S/C21H34N2O3/c1-5-6-15-25-19-13-11-17(12-14-19)22-16-7-9-18(10-8-16)23-20(24)26-21(2,3)4/h11-14,16,18,22H,5-10,15H2,1-4H3,(H,23,24). The molecule has 0 saturated heterocycles. The van der Waals surface area contributed by atoms with Gasteiger partial charge in [-0.25, -0.2) is 4.79 Å². The number of carbonyl (C=O) groups is 1. The first-order chi connectivity index (χ1) is 12.4. The summed E-state index contributed by atoms with van der Waals surface area (Å²) >= 11 is 0. The first kappa shape index (κ1) is 20.4. The Balaban J connectivity index is 1.70. The van der Waals surface area contributed by atoms with Crippen LogP contribution in [0.1, 0.15) is 66.2 Å². The van der Waals surface area contributed by atoms with E-state index in [1.54, 1.807) is 0 Å². The van der Waals surface area contributed by atoms with Gasteiger partial charge in [-0.1, -0.05) is 13.3 Å². The molecule has 1 aromatic rings. The average molecular weight is 363 g/mol. The molecular weight excluding hydrogens is 328 g/mol. The zero-order chi connectivity index (χ0) is 19.0. The van der Waals surface area contributed by atoms with Crippen molar-refractivity contribution in [1.82, 2.24) is 5.32 Å². The molecule has 0 radical (unpaired) electrons. The highest BCUT2D eigenvalue weighted by molar-refractivity contribution is 5.68. The lowest BCUT2D eigenvalue weighted by molar-refractivity contribution is 0.0492. The number of alkyl carbamates (subject to hydrolysis) is 1. The van der Waals surface area contributed by atoms with Gasteiger partial charge in [-0.15, -0.1) is 0 Å². The van der Waals surface area contributed by atoms with Crippen molar-refractivity contribution in [1.29, 1.82) is 0 Å². The summed E-state index contributed by atoms with van der Waals surface area (Å²) in [6, 6.07) is 8.84. The molecule has 5 heteroatoms. The molecule has 0 heterocycles. The molecule has 1 fully saturated rings. The molecule has 2 N–H and O–H groups in total. The monoisotopic (exact) mass is 362 g/mol. The molecule has 1 amide bonds. The van der Waals surface area contributed by atoms with Crippen molar-refractivity contribution in [2.45, 2.75) is 83.9 Å². The summed E-state index contributed by atoms with van der Waals surface area (Å²) < 4.78 is 11.0. The highest BCUT2D eigenvalue weighted by atomic mass is 16.6. The Hall–Kier alpha value is -1.91. The Bertz CT molecular complexity index is 543. The second-order valence-electron chi connectivity index (χ2n) is 8.07. The van der Waals surface area contributed by atoms with Crippen LogP contribution in [-0.2, 0) is 4.74 Å². The maximum absolute atomic E-state index is 11.9. The third-order valence-electron chi connectivity index (χ3n) is 4.44. The SMILES string of the molecule is CCCCOc1ccc(NC2CCC(NC(=O)OC(C)(C)C)CC2)cc1. The first-order valence-corrected chi connectivity index (χ1v) is 9.84. The van der Waals surface area contributed by atoms with Gasteiger partial charge in [0.05, 0.1) is 6.61 Å². The fourth-order valence-electron chi connectivity index (χ4n) is 3.07. The van der Waals surface area contributed by atoms with Crippen molar-refractivity contribution in [2.75, 3.05) is 11.9 Å². The summed E-state index contributed by atoms with van der Waals surface area (Å²) in [5.41, 5.74) is 0.673. The number of ether oxygens (including phenoxy) is 2. The van der Waals surface area contributed by atoms with E-state index < -0.39 is 5.60 Å². The Morgan fingerprint density at radius 2 is 1.69 bits per heavy atom. The largest absolute Gasteiger partial charge is 0.494 e. The Labute approximate surface area is 157 Å². The lowest BCUT2D eigenvalue weighted by atomic mass is 9.91. The molecule has 1 aliphatic rings. The van der Waals surface area contributed by atoms with Crippen LogP contribution in [0.25, 0.3) is 0 Å². The van der Waals surface area contributed by atoms with Crippen molar-refractivity contribution >= 4 is 11.8 Å². The molecular formula is C21H34N2O3. The van der Waals surface area contributed by atoms with Gasteiger partial charge < -0.3 is 20.1 Å². The smallest absolute Gasteiger partial charge is 0.407 e. The highest BCUT2D eigenvalue weighted by Crippen LogP contribution is 2.24. The zero-order valence-corrected chi connectivity index (χ0v) is 16.6. The number of unbranched alkanes of at least 4 members (excludes halogenated alkanes) is 1. The van der Waals surface area contributed by atoms with Crippen LogP contribution < -0.4 is 15.4 Å². The number of nitrogens with one attached hydrogen (secondary N) is 2. The van der Waals surface area contributed by atoms with Gasteiger partial charge in [-0.05, 0) is 77.1 Å². The second-order valence-corrected chi connectivity index (χ2v) is 8.07. The molecule has 1 saturated carbocycles.